The van der Waals surface area contributed by atoms with Crippen LogP contribution in [0.3, 0.4) is 0 Å². The summed E-state index contributed by atoms with van der Waals surface area (Å²) in [5, 5.41) is 0. The van der Waals surface area contributed by atoms with Gasteiger partial charge in [-0.05, 0) is 72.9 Å². The lowest BCUT2D eigenvalue weighted by molar-refractivity contribution is -0.0498. The first-order chi connectivity index (χ1) is 16.1. The van der Waals surface area contributed by atoms with E-state index in [9.17, 15) is 13.6 Å². The molecule has 2 heterocycles. The van der Waals surface area contributed by atoms with Crippen molar-refractivity contribution in [1.29, 1.82) is 0 Å². The number of rotatable bonds is 5. The highest BCUT2D eigenvalue weighted by molar-refractivity contribution is 5.83. The highest BCUT2D eigenvalue weighted by Gasteiger charge is 2.25. The number of alkyl halides is 2. The number of aromatic nitrogens is 3. The summed E-state index contributed by atoms with van der Waals surface area (Å²) in [4.78, 5) is 22.5. The van der Waals surface area contributed by atoms with Crippen molar-refractivity contribution in [1.82, 2.24) is 14.5 Å². The minimum Gasteiger partial charge on any atom is -0.443 e. The summed E-state index contributed by atoms with van der Waals surface area (Å²) in [5.74, 6) is 0.517. The Hall–Kier alpha value is -4.07. The van der Waals surface area contributed by atoms with Crippen molar-refractivity contribution in [2.45, 2.75) is 25.4 Å². The van der Waals surface area contributed by atoms with Gasteiger partial charge in [0.1, 0.15) is 17.0 Å². The molecular formula is C25H17F2N3O3. The molecule has 0 N–H and O–H groups in total. The van der Waals surface area contributed by atoms with E-state index in [0.29, 0.717) is 39.3 Å². The normalized spacial score (nSPS) is 13.8. The molecule has 0 amide bonds. The third-order valence-corrected chi connectivity index (χ3v) is 5.85. The van der Waals surface area contributed by atoms with Gasteiger partial charge in [0.15, 0.2) is 12.0 Å². The molecule has 2 aromatic heterocycles. The van der Waals surface area contributed by atoms with E-state index in [2.05, 4.69) is 14.7 Å². The van der Waals surface area contributed by atoms with E-state index in [4.69, 9.17) is 4.42 Å². The van der Waals surface area contributed by atoms with E-state index in [1.807, 2.05) is 18.2 Å². The van der Waals surface area contributed by atoms with Crippen LogP contribution in [0, 0.1) is 0 Å². The first kappa shape index (κ1) is 19.6. The van der Waals surface area contributed by atoms with E-state index < -0.39 is 6.61 Å². The molecule has 0 spiro atoms. The van der Waals surface area contributed by atoms with Crippen molar-refractivity contribution < 1.29 is 17.9 Å². The molecule has 1 aliphatic rings. The van der Waals surface area contributed by atoms with Crippen LogP contribution in [-0.2, 0) is 0 Å². The molecule has 6 rings (SSSR count). The van der Waals surface area contributed by atoms with Crippen LogP contribution in [0.25, 0.3) is 39.1 Å². The number of nitrogens with zero attached hydrogens (tertiary/aromatic N) is 3. The smallest absolute Gasteiger partial charge is 0.387 e. The standard InChI is InChI=1S/C25H17F2N3O3/c26-25(27)33-18-7-5-17(6-8-18)30-21-11-15(14-1-2-14)3-9-19(21)29-23(24(30)31)16-4-10-20-22(12-16)32-13-28-20/h3-14,25H,1-2H2. The summed E-state index contributed by atoms with van der Waals surface area (Å²) in [6, 6.07) is 17.3. The first-order valence-electron chi connectivity index (χ1n) is 10.5. The van der Waals surface area contributed by atoms with Crippen LogP contribution in [0.15, 0.2) is 76.3 Å². The van der Waals surface area contributed by atoms with Crippen molar-refractivity contribution in [3.8, 4) is 22.7 Å². The average molecular weight is 445 g/mol. The fourth-order valence-electron chi connectivity index (χ4n) is 4.09. The van der Waals surface area contributed by atoms with Gasteiger partial charge in [0.05, 0.1) is 11.0 Å². The monoisotopic (exact) mass is 445 g/mol. The van der Waals surface area contributed by atoms with E-state index in [0.717, 1.165) is 18.4 Å². The molecule has 33 heavy (non-hydrogen) atoms. The fourth-order valence-corrected chi connectivity index (χ4v) is 4.09. The predicted molar refractivity (Wildman–Crippen MR) is 119 cm³/mol. The molecule has 0 unspecified atom stereocenters. The Bertz CT molecular complexity index is 1550. The van der Waals surface area contributed by atoms with Crippen molar-refractivity contribution in [3.63, 3.8) is 0 Å². The third kappa shape index (κ3) is 3.53. The molecule has 0 bridgehead atoms. The Labute approximate surface area is 186 Å². The Morgan fingerprint density at radius 2 is 1.79 bits per heavy atom. The van der Waals surface area contributed by atoms with Gasteiger partial charge in [-0.25, -0.2) is 9.97 Å². The van der Waals surface area contributed by atoms with Gasteiger partial charge in [-0.2, -0.15) is 8.78 Å². The van der Waals surface area contributed by atoms with Gasteiger partial charge >= 0.3 is 6.61 Å². The second-order valence-electron chi connectivity index (χ2n) is 8.03. The maximum Gasteiger partial charge on any atom is 0.387 e. The van der Waals surface area contributed by atoms with Crippen LogP contribution < -0.4 is 10.3 Å². The van der Waals surface area contributed by atoms with E-state index >= 15 is 0 Å². The lowest BCUT2D eigenvalue weighted by Crippen LogP contribution is -2.22. The van der Waals surface area contributed by atoms with Crippen LogP contribution in [0.5, 0.6) is 5.75 Å². The minimum atomic E-state index is -2.92. The lowest BCUT2D eigenvalue weighted by atomic mass is 10.1. The Morgan fingerprint density at radius 3 is 2.55 bits per heavy atom. The van der Waals surface area contributed by atoms with Crippen LogP contribution in [-0.4, -0.2) is 21.1 Å². The van der Waals surface area contributed by atoms with Gasteiger partial charge in [-0.15, -0.1) is 0 Å². The summed E-state index contributed by atoms with van der Waals surface area (Å²) in [6.45, 7) is -2.92. The topological polar surface area (TPSA) is 70.2 Å². The molecule has 0 atom stereocenters. The second-order valence-corrected chi connectivity index (χ2v) is 8.03. The molecule has 8 heteroatoms. The minimum absolute atomic E-state index is 0.0230. The van der Waals surface area contributed by atoms with Gasteiger partial charge in [0.2, 0.25) is 0 Å². The van der Waals surface area contributed by atoms with E-state index in [1.54, 1.807) is 34.9 Å². The maximum absolute atomic E-state index is 13.7. The molecule has 1 aliphatic carbocycles. The Morgan fingerprint density at radius 1 is 1.00 bits per heavy atom. The van der Waals surface area contributed by atoms with Crippen LogP contribution in [0.2, 0.25) is 0 Å². The quantitative estimate of drug-likeness (QED) is 0.349. The van der Waals surface area contributed by atoms with E-state index in [-0.39, 0.29) is 17.0 Å². The molecule has 0 aliphatic heterocycles. The molecule has 164 valence electrons. The van der Waals surface area contributed by atoms with Gasteiger partial charge in [0, 0.05) is 11.3 Å². The van der Waals surface area contributed by atoms with Gasteiger partial charge < -0.3 is 9.15 Å². The van der Waals surface area contributed by atoms with Crippen molar-refractivity contribution >= 4 is 22.1 Å². The first-order valence-corrected chi connectivity index (χ1v) is 10.5. The molecule has 1 saturated carbocycles. The van der Waals surface area contributed by atoms with Crippen LogP contribution in [0.4, 0.5) is 8.78 Å². The fraction of sp³-hybridized carbons (Fsp3) is 0.160. The van der Waals surface area contributed by atoms with Gasteiger partial charge in [-0.1, -0.05) is 12.1 Å². The zero-order valence-corrected chi connectivity index (χ0v) is 17.2. The lowest BCUT2D eigenvalue weighted by Gasteiger charge is -2.14. The summed E-state index contributed by atoms with van der Waals surface area (Å²) in [5.41, 5.74) is 4.78. The number of halogens is 2. The number of hydrogen-bond acceptors (Lipinski definition) is 5. The summed E-state index contributed by atoms with van der Waals surface area (Å²) in [7, 11) is 0. The highest BCUT2D eigenvalue weighted by Crippen LogP contribution is 2.41. The predicted octanol–water partition coefficient (Wildman–Crippen LogP) is 5.67. The SMILES string of the molecule is O=c1c(-c2ccc3ncoc3c2)nc2ccc(C3CC3)cc2n1-c1ccc(OC(F)F)cc1. The third-order valence-electron chi connectivity index (χ3n) is 5.85. The largest absolute Gasteiger partial charge is 0.443 e. The van der Waals surface area contributed by atoms with Gasteiger partial charge in [0.25, 0.3) is 5.56 Å². The summed E-state index contributed by atoms with van der Waals surface area (Å²) in [6.07, 6.45) is 3.60. The number of benzene rings is 3. The molecule has 0 saturated heterocycles. The second kappa shape index (κ2) is 7.51. The zero-order valence-electron chi connectivity index (χ0n) is 17.2. The molecule has 1 fully saturated rings. The number of fused-ring (bicyclic) bond motifs is 2. The molecule has 5 aromatic rings. The molecular weight excluding hydrogens is 428 g/mol. The maximum atomic E-state index is 13.7. The number of oxazole rings is 1. The average Bonchev–Trinajstić information content (AvgIpc) is 3.56. The number of hydrogen-bond donors (Lipinski definition) is 0. The molecule has 0 radical (unpaired) electrons. The summed E-state index contributed by atoms with van der Waals surface area (Å²) < 4.78 is 36.6. The zero-order chi connectivity index (χ0) is 22.5. The Kier molecular flexibility index (Phi) is 4.46. The van der Waals surface area contributed by atoms with Crippen molar-refractivity contribution in [2.24, 2.45) is 0 Å². The van der Waals surface area contributed by atoms with Crippen LogP contribution in [0.1, 0.15) is 24.3 Å². The van der Waals surface area contributed by atoms with Crippen molar-refractivity contribution in [3.05, 3.63) is 83.0 Å². The summed E-state index contributed by atoms with van der Waals surface area (Å²) >= 11 is 0. The Balaban J connectivity index is 1.58. The number of ether oxygens (including phenoxy) is 1. The van der Waals surface area contributed by atoms with E-state index in [1.165, 1.54) is 18.5 Å². The van der Waals surface area contributed by atoms with Crippen LogP contribution >= 0.6 is 0 Å². The van der Waals surface area contributed by atoms with Gasteiger partial charge in [-0.3, -0.25) is 9.36 Å². The molecule has 3 aromatic carbocycles. The van der Waals surface area contributed by atoms with Crippen molar-refractivity contribution in [2.75, 3.05) is 0 Å². The highest BCUT2D eigenvalue weighted by atomic mass is 19.3. The molecule has 6 nitrogen and oxygen atoms in total.